The molecule has 0 bridgehead atoms. The predicted octanol–water partition coefficient (Wildman–Crippen LogP) is 4.71. The Morgan fingerprint density at radius 1 is 1.25 bits per heavy atom. The normalized spacial score (nSPS) is 10.5. The van der Waals surface area contributed by atoms with Crippen LogP contribution in [0.1, 0.15) is 31.7 Å². The van der Waals surface area contributed by atoms with Gasteiger partial charge in [-0.05, 0) is 24.1 Å². The summed E-state index contributed by atoms with van der Waals surface area (Å²) in [6, 6.07) is 5.88. The molecule has 3 heteroatoms. The number of unbranched alkanes of at least 4 members (excludes halogenated alkanes) is 2. The fourth-order valence-electron chi connectivity index (χ4n) is 1.72. The number of benzene rings is 1. The Morgan fingerprint density at radius 2 is 2.00 bits per heavy atom. The lowest BCUT2D eigenvalue weighted by Gasteiger charge is -2.22. The van der Waals surface area contributed by atoms with Crippen molar-refractivity contribution in [2.24, 2.45) is 0 Å². The first-order valence-electron chi connectivity index (χ1n) is 5.74. The van der Waals surface area contributed by atoms with Crippen LogP contribution in [-0.2, 0) is 5.88 Å². The van der Waals surface area contributed by atoms with Crippen LogP contribution in [0.3, 0.4) is 0 Å². The van der Waals surface area contributed by atoms with Crippen molar-refractivity contribution >= 4 is 28.9 Å². The molecule has 0 aliphatic heterocycles. The molecule has 0 saturated carbocycles. The molecule has 0 aliphatic carbocycles. The van der Waals surface area contributed by atoms with E-state index >= 15 is 0 Å². The maximum Gasteiger partial charge on any atom is 0.0494 e. The third-order valence-corrected chi connectivity index (χ3v) is 3.22. The van der Waals surface area contributed by atoms with E-state index in [9.17, 15) is 0 Å². The highest BCUT2D eigenvalue weighted by molar-refractivity contribution is 6.31. The van der Waals surface area contributed by atoms with Crippen molar-refractivity contribution in [1.29, 1.82) is 0 Å². The number of nitrogens with zero attached hydrogens (tertiary/aromatic N) is 1. The van der Waals surface area contributed by atoms with Crippen LogP contribution in [-0.4, -0.2) is 13.6 Å². The molecule has 0 aliphatic rings. The summed E-state index contributed by atoms with van der Waals surface area (Å²) >= 11 is 11.9. The minimum absolute atomic E-state index is 0.532. The van der Waals surface area contributed by atoms with E-state index < -0.39 is 0 Å². The molecule has 1 nitrogen and oxygen atoms in total. The summed E-state index contributed by atoms with van der Waals surface area (Å²) in [5.74, 6) is 0.532. The van der Waals surface area contributed by atoms with Crippen LogP contribution in [0.4, 0.5) is 5.69 Å². The maximum atomic E-state index is 6.01. The molecule has 0 unspecified atom stereocenters. The second-order valence-corrected chi connectivity index (χ2v) is 4.74. The lowest BCUT2D eigenvalue weighted by Crippen LogP contribution is -2.19. The Labute approximate surface area is 108 Å². The standard InChI is InChI=1S/C13H19Cl2N/c1-3-4-5-8-16(2)13-9-12(15)7-6-11(13)10-14/h6-7,9H,3-5,8,10H2,1-2H3. The largest absolute Gasteiger partial charge is 0.374 e. The smallest absolute Gasteiger partial charge is 0.0494 e. The highest BCUT2D eigenvalue weighted by Gasteiger charge is 2.07. The van der Waals surface area contributed by atoms with Crippen LogP contribution in [0, 0.1) is 0 Å². The highest BCUT2D eigenvalue weighted by atomic mass is 35.5. The fourth-order valence-corrected chi connectivity index (χ4v) is 2.12. The third-order valence-electron chi connectivity index (χ3n) is 2.70. The average molecular weight is 260 g/mol. The molecule has 0 amide bonds. The van der Waals surface area contributed by atoms with Crippen molar-refractivity contribution in [2.45, 2.75) is 32.1 Å². The number of hydrogen-bond donors (Lipinski definition) is 0. The van der Waals surface area contributed by atoms with Crippen molar-refractivity contribution < 1.29 is 0 Å². The molecule has 0 atom stereocenters. The summed E-state index contributed by atoms with van der Waals surface area (Å²) < 4.78 is 0. The second kappa shape index (κ2) is 7.03. The van der Waals surface area contributed by atoms with Gasteiger partial charge in [0.1, 0.15) is 0 Å². The average Bonchev–Trinajstić information content (AvgIpc) is 2.29. The van der Waals surface area contributed by atoms with E-state index in [4.69, 9.17) is 23.2 Å². The molecular formula is C13H19Cl2N. The molecule has 16 heavy (non-hydrogen) atoms. The van der Waals surface area contributed by atoms with Gasteiger partial charge >= 0.3 is 0 Å². The number of anilines is 1. The molecule has 1 aromatic carbocycles. The molecule has 0 fully saturated rings. The predicted molar refractivity (Wildman–Crippen MR) is 73.8 cm³/mol. The van der Waals surface area contributed by atoms with Gasteiger partial charge in [-0.2, -0.15) is 0 Å². The van der Waals surface area contributed by atoms with Crippen LogP contribution in [0.5, 0.6) is 0 Å². The van der Waals surface area contributed by atoms with Crippen molar-refractivity contribution in [2.75, 3.05) is 18.5 Å². The van der Waals surface area contributed by atoms with Crippen LogP contribution < -0.4 is 4.90 Å². The van der Waals surface area contributed by atoms with E-state index in [1.54, 1.807) is 0 Å². The zero-order chi connectivity index (χ0) is 12.0. The summed E-state index contributed by atoms with van der Waals surface area (Å²) in [5, 5.41) is 0.770. The third kappa shape index (κ3) is 3.88. The Balaban J connectivity index is 2.72. The van der Waals surface area contributed by atoms with Gasteiger partial charge in [0.15, 0.2) is 0 Å². The Kier molecular flexibility index (Phi) is 6.00. The van der Waals surface area contributed by atoms with Crippen molar-refractivity contribution in [3.05, 3.63) is 28.8 Å². The van der Waals surface area contributed by atoms with Gasteiger partial charge < -0.3 is 4.90 Å². The number of halogens is 2. The molecule has 0 aromatic heterocycles. The first-order valence-corrected chi connectivity index (χ1v) is 6.65. The van der Waals surface area contributed by atoms with Gasteiger partial charge in [0.25, 0.3) is 0 Å². The Bertz CT molecular complexity index is 326. The second-order valence-electron chi connectivity index (χ2n) is 4.04. The number of hydrogen-bond acceptors (Lipinski definition) is 1. The van der Waals surface area contributed by atoms with E-state index in [1.807, 2.05) is 18.2 Å². The van der Waals surface area contributed by atoms with E-state index in [0.717, 1.165) is 22.8 Å². The summed E-state index contributed by atoms with van der Waals surface area (Å²) in [7, 11) is 2.09. The maximum absolute atomic E-state index is 6.01. The SMILES string of the molecule is CCCCCN(C)c1cc(Cl)ccc1CCl. The van der Waals surface area contributed by atoms with Crippen LogP contribution >= 0.6 is 23.2 Å². The molecule has 0 N–H and O–H groups in total. The monoisotopic (exact) mass is 259 g/mol. The minimum Gasteiger partial charge on any atom is -0.374 e. The van der Waals surface area contributed by atoms with Gasteiger partial charge in [0.05, 0.1) is 0 Å². The van der Waals surface area contributed by atoms with Crippen molar-refractivity contribution in [3.63, 3.8) is 0 Å². The van der Waals surface area contributed by atoms with Gasteiger partial charge in [0.2, 0.25) is 0 Å². The summed E-state index contributed by atoms with van der Waals surface area (Å²) in [4.78, 5) is 2.24. The zero-order valence-electron chi connectivity index (χ0n) is 9.97. The quantitative estimate of drug-likeness (QED) is 0.529. The van der Waals surface area contributed by atoms with E-state index in [-0.39, 0.29) is 0 Å². The first kappa shape index (κ1) is 13.7. The molecule has 90 valence electrons. The van der Waals surface area contributed by atoms with Crippen molar-refractivity contribution in [1.82, 2.24) is 0 Å². The van der Waals surface area contributed by atoms with E-state index in [2.05, 4.69) is 18.9 Å². The lowest BCUT2D eigenvalue weighted by molar-refractivity contribution is 0.704. The molecule has 1 rings (SSSR count). The lowest BCUT2D eigenvalue weighted by atomic mass is 10.1. The van der Waals surface area contributed by atoms with Crippen molar-refractivity contribution in [3.8, 4) is 0 Å². The van der Waals surface area contributed by atoms with Crippen LogP contribution in [0.2, 0.25) is 5.02 Å². The van der Waals surface area contributed by atoms with Gasteiger partial charge in [0, 0.05) is 30.2 Å². The number of alkyl halides is 1. The molecule has 0 saturated heterocycles. The molecular weight excluding hydrogens is 241 g/mol. The summed E-state index contributed by atoms with van der Waals surface area (Å²) in [6.45, 7) is 3.27. The summed E-state index contributed by atoms with van der Waals surface area (Å²) in [6.07, 6.45) is 3.72. The van der Waals surface area contributed by atoms with Gasteiger partial charge in [-0.1, -0.05) is 37.4 Å². The van der Waals surface area contributed by atoms with Crippen LogP contribution in [0.15, 0.2) is 18.2 Å². The highest BCUT2D eigenvalue weighted by Crippen LogP contribution is 2.25. The molecule has 0 radical (unpaired) electrons. The molecule has 0 heterocycles. The minimum atomic E-state index is 0.532. The van der Waals surface area contributed by atoms with E-state index in [1.165, 1.54) is 19.3 Å². The zero-order valence-corrected chi connectivity index (χ0v) is 11.5. The van der Waals surface area contributed by atoms with Gasteiger partial charge in [-0.25, -0.2) is 0 Å². The number of rotatable bonds is 6. The fraction of sp³-hybridized carbons (Fsp3) is 0.538. The topological polar surface area (TPSA) is 3.24 Å². The first-order chi connectivity index (χ1) is 7.69. The van der Waals surface area contributed by atoms with Gasteiger partial charge in [-0.15, -0.1) is 11.6 Å². The molecule has 0 spiro atoms. The van der Waals surface area contributed by atoms with E-state index in [0.29, 0.717) is 5.88 Å². The van der Waals surface area contributed by atoms with Crippen LogP contribution in [0.25, 0.3) is 0 Å². The van der Waals surface area contributed by atoms with Gasteiger partial charge in [-0.3, -0.25) is 0 Å². The Hall–Kier alpha value is -0.400. The Morgan fingerprint density at radius 3 is 2.62 bits per heavy atom. The summed E-state index contributed by atoms with van der Waals surface area (Å²) in [5.41, 5.74) is 2.30. The molecule has 1 aromatic rings.